The van der Waals surface area contributed by atoms with Gasteiger partial charge in [-0.15, -0.1) is 0 Å². The van der Waals surface area contributed by atoms with Crippen LogP contribution in [0.1, 0.15) is 41.5 Å². The first kappa shape index (κ1) is 18.1. The molecule has 3 nitrogen and oxygen atoms in total. The van der Waals surface area contributed by atoms with Crippen molar-refractivity contribution in [2.45, 2.75) is 58.2 Å². The number of hydrogen-bond donors (Lipinski definition) is 0. The Hall–Kier alpha value is -1.20. The minimum atomic E-state index is -3.34. The van der Waals surface area contributed by atoms with E-state index in [4.69, 9.17) is 4.74 Å². The van der Waals surface area contributed by atoms with Gasteiger partial charge in [0.2, 0.25) is 0 Å². The molecule has 2 aromatic rings. The second-order valence-electron chi connectivity index (χ2n) is 8.24. The molecule has 0 saturated carbocycles. The largest absolute Gasteiger partial charge is 0.383 e. The molecule has 0 aliphatic heterocycles. The van der Waals surface area contributed by atoms with Crippen molar-refractivity contribution in [3.63, 3.8) is 0 Å². The highest BCUT2D eigenvalue weighted by Crippen LogP contribution is 2.51. The number of methoxy groups -OCH3 is 1. The Kier molecular flexibility index (Phi) is 4.75. The first-order valence-corrected chi connectivity index (χ1v) is 10.0. The molecule has 0 atom stereocenters. The van der Waals surface area contributed by atoms with Crippen LogP contribution in [0.2, 0.25) is 10.1 Å². The molecule has 23 heavy (non-hydrogen) atoms. The van der Waals surface area contributed by atoms with E-state index in [2.05, 4.69) is 9.55 Å². The Morgan fingerprint density at radius 2 is 1.78 bits per heavy atom. The van der Waals surface area contributed by atoms with Crippen molar-refractivity contribution < 1.29 is 8.84 Å². The highest BCUT2D eigenvalue weighted by molar-refractivity contribution is 6.90. The summed E-state index contributed by atoms with van der Waals surface area (Å²) in [5.74, 6) is 0. The summed E-state index contributed by atoms with van der Waals surface area (Å²) in [5.41, 5.74) is 1.85. The summed E-state index contributed by atoms with van der Waals surface area (Å²) in [6, 6.07) is 5.89. The number of rotatable bonds is 4. The maximum atomic E-state index is 16.7. The Morgan fingerprint density at radius 3 is 2.30 bits per heavy atom. The predicted molar refractivity (Wildman–Crippen MR) is 97.5 cm³/mol. The van der Waals surface area contributed by atoms with Gasteiger partial charge >= 0.3 is 8.41 Å². The van der Waals surface area contributed by atoms with Crippen LogP contribution in [0, 0.1) is 0 Å². The molecule has 0 N–H and O–H groups in total. The molecule has 0 unspecified atom stereocenters. The molecular weight excluding hydrogens is 307 g/mol. The fourth-order valence-electron chi connectivity index (χ4n) is 3.69. The number of aromatic nitrogens is 2. The van der Waals surface area contributed by atoms with Gasteiger partial charge in [-0.3, -0.25) is 4.98 Å². The first-order chi connectivity index (χ1) is 10.5. The third-order valence-corrected chi connectivity index (χ3v) is 9.86. The quantitative estimate of drug-likeness (QED) is 0.611. The van der Waals surface area contributed by atoms with E-state index in [0.29, 0.717) is 13.2 Å². The average molecular weight is 337 g/mol. The normalized spacial score (nSPS) is 13.7. The lowest BCUT2D eigenvalue weighted by Crippen LogP contribution is -2.60. The van der Waals surface area contributed by atoms with Gasteiger partial charge in [-0.2, -0.15) is 0 Å². The molecule has 0 spiro atoms. The summed E-state index contributed by atoms with van der Waals surface area (Å²) in [6.07, 6.45) is 1.77. The van der Waals surface area contributed by atoms with Crippen LogP contribution in [0.15, 0.2) is 24.4 Å². The SMILES string of the molecule is COCCn1c([Si](F)(C(C)(C)C)C(C)(C)C)cc2ncccc21. The van der Waals surface area contributed by atoms with Gasteiger partial charge in [0.05, 0.1) is 17.6 Å². The van der Waals surface area contributed by atoms with Crippen molar-refractivity contribution in [1.29, 1.82) is 0 Å². The Balaban J connectivity index is 2.78. The second kappa shape index (κ2) is 6.02. The van der Waals surface area contributed by atoms with Crippen LogP contribution in [0.5, 0.6) is 0 Å². The number of nitrogens with zero attached hydrogens (tertiary/aromatic N) is 2. The molecule has 2 rings (SSSR count). The molecule has 128 valence electrons. The zero-order valence-electron chi connectivity index (χ0n) is 15.4. The van der Waals surface area contributed by atoms with Crippen LogP contribution in [0.4, 0.5) is 4.11 Å². The fourth-order valence-corrected chi connectivity index (χ4v) is 8.41. The molecule has 5 heteroatoms. The zero-order chi connectivity index (χ0) is 17.5. The number of hydrogen-bond acceptors (Lipinski definition) is 2. The molecule has 0 saturated heterocycles. The van der Waals surface area contributed by atoms with E-state index in [9.17, 15) is 0 Å². The number of halogens is 1. The van der Waals surface area contributed by atoms with E-state index in [1.807, 2.05) is 59.7 Å². The van der Waals surface area contributed by atoms with E-state index in [0.717, 1.165) is 16.4 Å². The molecule has 2 heterocycles. The maximum absolute atomic E-state index is 16.7. The third-order valence-electron chi connectivity index (χ3n) is 4.61. The van der Waals surface area contributed by atoms with Crippen molar-refractivity contribution in [3.05, 3.63) is 24.4 Å². The summed E-state index contributed by atoms with van der Waals surface area (Å²) in [5, 5.41) is -0.00205. The lowest BCUT2D eigenvalue weighted by atomic mass is 10.2. The summed E-state index contributed by atoms with van der Waals surface area (Å²) < 4.78 is 24.1. The smallest absolute Gasteiger partial charge is 0.304 e. The number of pyridine rings is 1. The van der Waals surface area contributed by atoms with Gasteiger partial charge in [-0.25, -0.2) is 0 Å². The van der Waals surface area contributed by atoms with Gasteiger partial charge in [0.1, 0.15) is 0 Å². The van der Waals surface area contributed by atoms with E-state index in [1.54, 1.807) is 13.3 Å². The van der Waals surface area contributed by atoms with Gasteiger partial charge in [0.25, 0.3) is 0 Å². The van der Waals surface area contributed by atoms with Crippen LogP contribution in [0.25, 0.3) is 11.0 Å². The Labute approximate surface area is 140 Å². The Bertz CT molecular complexity index is 668. The van der Waals surface area contributed by atoms with Crippen molar-refractivity contribution in [1.82, 2.24) is 9.55 Å². The first-order valence-electron chi connectivity index (χ1n) is 8.16. The van der Waals surface area contributed by atoms with Crippen LogP contribution in [-0.2, 0) is 11.3 Å². The minimum absolute atomic E-state index is 0.412. The summed E-state index contributed by atoms with van der Waals surface area (Å²) in [6.45, 7) is 13.3. The van der Waals surface area contributed by atoms with Gasteiger partial charge < -0.3 is 13.4 Å². The standard InChI is InChI=1S/C18H29FN2OSi/c1-17(2,3)23(19,18(4,5)6)16-13-14-15(9-8-10-20-14)21(16)11-12-22-7/h8-10,13H,11-12H2,1-7H3. The van der Waals surface area contributed by atoms with E-state index < -0.39 is 18.5 Å². The summed E-state index contributed by atoms with van der Waals surface area (Å²) in [7, 11) is -1.66. The lowest BCUT2D eigenvalue weighted by Gasteiger charge is -2.45. The molecule has 0 aliphatic carbocycles. The monoisotopic (exact) mass is 336 g/mol. The van der Waals surface area contributed by atoms with E-state index >= 15 is 4.11 Å². The summed E-state index contributed by atoms with van der Waals surface area (Å²) >= 11 is 0. The molecule has 0 aromatic carbocycles. The topological polar surface area (TPSA) is 27.1 Å². The average Bonchev–Trinajstić information content (AvgIpc) is 2.80. The second-order valence-corrected chi connectivity index (χ2v) is 13.1. The van der Waals surface area contributed by atoms with Crippen molar-refractivity contribution >= 4 is 24.8 Å². The highest BCUT2D eigenvalue weighted by atomic mass is 28.4. The molecular formula is C18H29FN2OSi. The van der Waals surface area contributed by atoms with Crippen molar-refractivity contribution in [2.75, 3.05) is 13.7 Å². The van der Waals surface area contributed by atoms with Crippen molar-refractivity contribution in [2.24, 2.45) is 0 Å². The van der Waals surface area contributed by atoms with E-state index in [-0.39, 0.29) is 0 Å². The molecule has 0 fully saturated rings. The van der Waals surface area contributed by atoms with Crippen LogP contribution >= 0.6 is 0 Å². The molecule has 0 radical (unpaired) electrons. The Morgan fingerprint density at radius 1 is 1.17 bits per heavy atom. The van der Waals surface area contributed by atoms with Gasteiger partial charge in [-0.1, -0.05) is 41.5 Å². The number of ether oxygens (including phenoxy) is 1. The third kappa shape index (κ3) is 2.96. The van der Waals surface area contributed by atoms with Crippen LogP contribution in [-0.4, -0.2) is 31.7 Å². The number of fused-ring (bicyclic) bond motifs is 1. The zero-order valence-corrected chi connectivity index (χ0v) is 16.4. The van der Waals surface area contributed by atoms with Crippen molar-refractivity contribution in [3.8, 4) is 0 Å². The fraction of sp³-hybridized carbons (Fsp3) is 0.611. The minimum Gasteiger partial charge on any atom is -0.383 e. The lowest BCUT2D eigenvalue weighted by molar-refractivity contribution is 0.189. The van der Waals surface area contributed by atoms with Crippen LogP contribution < -0.4 is 5.32 Å². The maximum Gasteiger partial charge on any atom is 0.304 e. The van der Waals surface area contributed by atoms with E-state index in [1.165, 1.54) is 0 Å². The van der Waals surface area contributed by atoms with Gasteiger partial charge in [0.15, 0.2) is 0 Å². The molecule has 0 aliphatic rings. The van der Waals surface area contributed by atoms with Gasteiger partial charge in [0, 0.05) is 25.2 Å². The van der Waals surface area contributed by atoms with Crippen LogP contribution in [0.3, 0.4) is 0 Å². The van der Waals surface area contributed by atoms with Gasteiger partial charge in [-0.05, 0) is 28.3 Å². The molecule has 0 bridgehead atoms. The molecule has 0 amide bonds. The predicted octanol–water partition coefficient (Wildman–Crippen LogP) is 4.40. The summed E-state index contributed by atoms with van der Waals surface area (Å²) in [4.78, 5) is 4.44. The molecule has 2 aromatic heterocycles. The highest BCUT2D eigenvalue weighted by Gasteiger charge is 2.58.